The van der Waals surface area contributed by atoms with Gasteiger partial charge >= 0.3 is 22.4 Å². The van der Waals surface area contributed by atoms with Crippen LogP contribution in [-0.2, 0) is 37.5 Å². The molecule has 14 heteroatoms. The van der Waals surface area contributed by atoms with Gasteiger partial charge in [0.15, 0.2) is 5.82 Å². The van der Waals surface area contributed by atoms with Crippen LogP contribution in [0.15, 0.2) is 36.4 Å². The molecule has 0 bridgehead atoms. The van der Waals surface area contributed by atoms with Gasteiger partial charge < -0.3 is 19.1 Å². The summed E-state index contributed by atoms with van der Waals surface area (Å²) < 4.78 is 62.5. The van der Waals surface area contributed by atoms with Gasteiger partial charge in [-0.25, -0.2) is 23.0 Å². The highest BCUT2D eigenvalue weighted by Crippen LogP contribution is 2.46. The fourth-order valence-corrected chi connectivity index (χ4v) is 6.41. The number of nitrogens with zero attached hydrogens (tertiary/aromatic N) is 3. The second-order valence-electron chi connectivity index (χ2n) is 13.8. The number of ether oxygens (including phenoxy) is 3. The molecule has 3 amide bonds. The van der Waals surface area contributed by atoms with Crippen molar-refractivity contribution >= 4 is 39.7 Å². The Morgan fingerprint density at radius 3 is 2.24 bits per heavy atom. The summed E-state index contributed by atoms with van der Waals surface area (Å²) in [7, 11) is -4.42. The summed E-state index contributed by atoms with van der Waals surface area (Å²) in [5.41, 5.74) is -1.31. The molecule has 2 heterocycles. The standard InChI is InChI=1S/C32H43FN4O8S/c1-20(2)16-35(29(39)44-31(3,4)5)17-22-14-23-24(37(22)30(40)45-32(6,7)8)15-25(43-19-21-12-10-9-11-13-21)28(27(23)33)36-18-26(38)34-46(36,41)42/h9-13,15,20,22H,14,16-19H2,1-8H3,(H,34,38)/t22-/m1/s1. The van der Waals surface area contributed by atoms with Crippen LogP contribution in [0.4, 0.5) is 25.4 Å². The van der Waals surface area contributed by atoms with Gasteiger partial charge in [-0.2, -0.15) is 8.42 Å². The highest BCUT2D eigenvalue weighted by molar-refractivity contribution is 7.92. The minimum absolute atomic E-state index is 0.0150. The summed E-state index contributed by atoms with van der Waals surface area (Å²) >= 11 is 0. The van der Waals surface area contributed by atoms with Gasteiger partial charge in [-0.05, 0) is 53.0 Å². The number of nitrogens with one attached hydrogen (secondary N) is 1. The number of halogens is 1. The molecule has 2 aromatic rings. The number of amides is 3. The summed E-state index contributed by atoms with van der Waals surface area (Å²) in [4.78, 5) is 42.0. The van der Waals surface area contributed by atoms with Crippen molar-refractivity contribution in [3.05, 3.63) is 53.3 Å². The van der Waals surface area contributed by atoms with Crippen LogP contribution in [0, 0.1) is 11.7 Å². The third-order valence-corrected chi connectivity index (χ3v) is 8.29. The average molecular weight is 663 g/mol. The van der Waals surface area contributed by atoms with E-state index in [1.54, 1.807) is 65.8 Å². The smallest absolute Gasteiger partial charge is 0.415 e. The van der Waals surface area contributed by atoms with Gasteiger partial charge in [-0.15, -0.1) is 0 Å². The minimum Gasteiger partial charge on any atom is -0.487 e. The zero-order valence-electron chi connectivity index (χ0n) is 27.5. The number of carbonyl (C=O) groups is 3. The molecular weight excluding hydrogens is 619 g/mol. The Labute approximate surface area is 269 Å². The van der Waals surface area contributed by atoms with Crippen LogP contribution in [0.3, 0.4) is 0 Å². The highest BCUT2D eigenvalue weighted by atomic mass is 32.2. The number of hydrogen-bond acceptors (Lipinski definition) is 8. The maximum Gasteiger partial charge on any atom is 0.415 e. The van der Waals surface area contributed by atoms with Crippen molar-refractivity contribution in [1.29, 1.82) is 0 Å². The van der Waals surface area contributed by atoms with Crippen LogP contribution in [0.1, 0.15) is 66.5 Å². The molecule has 2 aliphatic heterocycles. The van der Waals surface area contributed by atoms with Crippen LogP contribution in [-0.4, -0.2) is 68.3 Å². The summed E-state index contributed by atoms with van der Waals surface area (Å²) in [6, 6.07) is 9.54. The van der Waals surface area contributed by atoms with Crippen molar-refractivity contribution in [3.63, 3.8) is 0 Å². The van der Waals surface area contributed by atoms with Gasteiger partial charge in [0, 0.05) is 31.1 Å². The lowest BCUT2D eigenvalue weighted by Crippen LogP contribution is -2.50. The van der Waals surface area contributed by atoms with E-state index in [0.717, 1.165) is 5.56 Å². The number of rotatable bonds is 8. The van der Waals surface area contributed by atoms with Gasteiger partial charge in [0.2, 0.25) is 0 Å². The largest absolute Gasteiger partial charge is 0.487 e. The molecule has 4 rings (SSSR count). The Kier molecular flexibility index (Phi) is 9.81. The lowest BCUT2D eigenvalue weighted by atomic mass is 10.1. The van der Waals surface area contributed by atoms with Crippen molar-refractivity contribution in [2.45, 2.75) is 85.7 Å². The molecule has 0 radical (unpaired) electrons. The van der Waals surface area contributed by atoms with Crippen molar-refractivity contribution in [1.82, 2.24) is 9.62 Å². The monoisotopic (exact) mass is 662 g/mol. The average Bonchev–Trinajstić information content (AvgIpc) is 3.40. The Balaban J connectivity index is 1.84. The lowest BCUT2D eigenvalue weighted by Gasteiger charge is -2.34. The molecule has 1 N–H and O–H groups in total. The molecule has 0 saturated carbocycles. The van der Waals surface area contributed by atoms with Crippen LogP contribution in [0.25, 0.3) is 0 Å². The molecule has 1 atom stereocenters. The molecule has 46 heavy (non-hydrogen) atoms. The zero-order chi connectivity index (χ0) is 34.2. The lowest BCUT2D eigenvalue weighted by molar-refractivity contribution is -0.117. The molecule has 12 nitrogen and oxygen atoms in total. The first-order chi connectivity index (χ1) is 21.3. The van der Waals surface area contributed by atoms with Gasteiger partial charge in [0.05, 0.1) is 11.7 Å². The van der Waals surface area contributed by atoms with Crippen LogP contribution in [0.5, 0.6) is 5.75 Å². The molecule has 0 spiro atoms. The Morgan fingerprint density at radius 2 is 1.70 bits per heavy atom. The molecule has 0 unspecified atom stereocenters. The fraction of sp³-hybridized carbons (Fsp3) is 0.531. The fourth-order valence-electron chi connectivity index (χ4n) is 5.25. The number of anilines is 2. The highest BCUT2D eigenvalue weighted by Gasteiger charge is 2.45. The van der Waals surface area contributed by atoms with E-state index >= 15 is 4.39 Å². The van der Waals surface area contributed by atoms with E-state index in [1.807, 2.05) is 24.6 Å². The second-order valence-corrected chi connectivity index (χ2v) is 15.4. The third kappa shape index (κ3) is 8.20. The predicted octanol–water partition coefficient (Wildman–Crippen LogP) is 5.15. The topological polar surface area (TPSA) is 135 Å². The van der Waals surface area contributed by atoms with E-state index < -0.39 is 63.6 Å². The van der Waals surface area contributed by atoms with Crippen LogP contribution in [0.2, 0.25) is 0 Å². The molecule has 1 saturated heterocycles. The summed E-state index contributed by atoms with van der Waals surface area (Å²) in [6.07, 6.45) is -1.46. The molecular formula is C32H43FN4O8S. The van der Waals surface area contributed by atoms with E-state index in [4.69, 9.17) is 14.2 Å². The maximum absolute atomic E-state index is 16.7. The van der Waals surface area contributed by atoms with E-state index in [0.29, 0.717) is 10.8 Å². The summed E-state index contributed by atoms with van der Waals surface area (Å²) in [5, 5.41) is 0. The van der Waals surface area contributed by atoms with E-state index in [9.17, 15) is 22.8 Å². The van der Waals surface area contributed by atoms with E-state index in [1.165, 1.54) is 15.9 Å². The van der Waals surface area contributed by atoms with Crippen molar-refractivity contribution in [3.8, 4) is 5.75 Å². The van der Waals surface area contributed by atoms with Crippen LogP contribution < -0.4 is 18.7 Å². The van der Waals surface area contributed by atoms with Crippen molar-refractivity contribution < 1.29 is 41.4 Å². The van der Waals surface area contributed by atoms with Crippen LogP contribution >= 0.6 is 0 Å². The SMILES string of the molecule is CC(C)CN(C[C@H]1Cc2c(cc(OCc3ccccc3)c(N3CC(=O)NS3(=O)=O)c2F)N1C(=O)OC(C)(C)C)C(=O)OC(C)(C)C. The van der Waals surface area contributed by atoms with Gasteiger partial charge in [-0.1, -0.05) is 44.2 Å². The second kappa shape index (κ2) is 13.0. The van der Waals surface area contributed by atoms with E-state index in [2.05, 4.69) is 0 Å². The molecule has 0 aliphatic carbocycles. The van der Waals surface area contributed by atoms with Crippen molar-refractivity contribution in [2.24, 2.45) is 5.92 Å². The molecule has 252 valence electrons. The van der Waals surface area contributed by atoms with Gasteiger partial charge in [-0.3, -0.25) is 9.69 Å². The molecule has 2 aromatic carbocycles. The summed E-state index contributed by atoms with van der Waals surface area (Å²) in [6.45, 7) is 13.7. The van der Waals surface area contributed by atoms with Gasteiger partial charge in [0.1, 0.15) is 35.8 Å². The first kappa shape index (κ1) is 34.8. The number of hydrogen-bond donors (Lipinski definition) is 1. The normalized spacial score (nSPS) is 17.5. The minimum atomic E-state index is -4.42. The quantitative estimate of drug-likeness (QED) is 0.411. The zero-order valence-corrected chi connectivity index (χ0v) is 28.4. The predicted molar refractivity (Wildman–Crippen MR) is 170 cm³/mol. The number of fused-ring (bicyclic) bond motifs is 1. The Morgan fingerprint density at radius 1 is 1.07 bits per heavy atom. The first-order valence-electron chi connectivity index (χ1n) is 15.1. The van der Waals surface area contributed by atoms with E-state index in [-0.39, 0.29) is 42.5 Å². The molecule has 0 aromatic heterocycles. The van der Waals surface area contributed by atoms with Crippen molar-refractivity contribution in [2.75, 3.05) is 28.8 Å². The molecule has 1 fully saturated rings. The third-order valence-electron chi connectivity index (χ3n) is 6.91. The maximum atomic E-state index is 16.7. The number of benzene rings is 2. The number of carbonyl (C=O) groups excluding carboxylic acids is 3. The Hall–Kier alpha value is -4.07. The summed E-state index contributed by atoms with van der Waals surface area (Å²) in [5.74, 6) is -1.95. The Bertz CT molecular complexity index is 1590. The van der Waals surface area contributed by atoms with Gasteiger partial charge in [0.25, 0.3) is 5.91 Å². The molecule has 2 aliphatic rings. The first-order valence-corrected chi connectivity index (χ1v) is 16.6.